The summed E-state index contributed by atoms with van der Waals surface area (Å²) >= 11 is 0. The van der Waals surface area contributed by atoms with Crippen LogP contribution in [0, 0.1) is 21.4 Å². The van der Waals surface area contributed by atoms with Crippen LogP contribution in [0.3, 0.4) is 0 Å². The molecule has 0 fully saturated rings. The predicted octanol–water partition coefficient (Wildman–Crippen LogP) is 1.93. The van der Waals surface area contributed by atoms with Crippen molar-refractivity contribution >= 4 is 11.5 Å². The van der Waals surface area contributed by atoms with Crippen molar-refractivity contribution in [2.75, 3.05) is 5.73 Å². The fourth-order valence-corrected chi connectivity index (χ4v) is 2.08. The van der Waals surface area contributed by atoms with Crippen molar-refractivity contribution in [1.82, 2.24) is 15.0 Å². The molecule has 21 heavy (non-hydrogen) atoms. The molecule has 0 saturated heterocycles. The van der Waals surface area contributed by atoms with Crippen LogP contribution in [0.25, 0.3) is 5.69 Å². The van der Waals surface area contributed by atoms with Crippen LogP contribution in [0.2, 0.25) is 0 Å². The molecule has 2 N–H and O–H groups in total. The quantitative estimate of drug-likeness (QED) is 0.664. The van der Waals surface area contributed by atoms with E-state index < -0.39 is 10.3 Å². The van der Waals surface area contributed by atoms with Crippen LogP contribution in [0.1, 0.15) is 32.0 Å². The van der Waals surface area contributed by atoms with Crippen molar-refractivity contribution in [2.24, 2.45) is 0 Å². The lowest BCUT2D eigenvalue weighted by molar-refractivity contribution is -0.384. The number of nitro benzene ring substituents is 1. The summed E-state index contributed by atoms with van der Waals surface area (Å²) in [6.07, 6.45) is 0. The Labute approximate surface area is 120 Å². The first-order valence-corrected chi connectivity index (χ1v) is 6.16. The highest BCUT2D eigenvalue weighted by molar-refractivity contribution is 5.58. The number of nitrogen functional groups attached to an aromatic ring is 1. The molecule has 0 spiro atoms. The van der Waals surface area contributed by atoms with Crippen LogP contribution in [-0.2, 0) is 5.41 Å². The molecule has 8 heteroatoms. The second kappa shape index (κ2) is 4.86. The summed E-state index contributed by atoms with van der Waals surface area (Å²) in [7, 11) is 0. The van der Waals surface area contributed by atoms with E-state index in [-0.39, 0.29) is 22.8 Å². The van der Waals surface area contributed by atoms with Gasteiger partial charge in [0.1, 0.15) is 5.69 Å². The lowest BCUT2D eigenvalue weighted by Gasteiger charge is -2.20. The van der Waals surface area contributed by atoms with Crippen molar-refractivity contribution in [1.29, 1.82) is 5.26 Å². The third-order valence-corrected chi connectivity index (χ3v) is 2.94. The smallest absolute Gasteiger partial charge is 0.296 e. The number of aromatic nitrogens is 3. The number of nitrogens with zero attached hydrogens (tertiary/aromatic N) is 5. The Bertz CT molecular complexity index is 751. The Kier molecular flexibility index (Phi) is 3.35. The molecule has 0 atom stereocenters. The van der Waals surface area contributed by atoms with E-state index in [4.69, 9.17) is 11.0 Å². The average molecular weight is 286 g/mol. The number of nitriles is 1. The van der Waals surface area contributed by atoms with Gasteiger partial charge in [-0.05, 0) is 12.1 Å². The molecular weight excluding hydrogens is 272 g/mol. The lowest BCUT2D eigenvalue weighted by atomic mass is 9.91. The molecule has 0 saturated carbocycles. The number of nitrogens with two attached hydrogens (primary N) is 1. The molecule has 0 unspecified atom stereocenters. The molecule has 0 aliphatic carbocycles. The Hall–Kier alpha value is -2.95. The van der Waals surface area contributed by atoms with Crippen molar-refractivity contribution in [2.45, 2.75) is 26.2 Å². The summed E-state index contributed by atoms with van der Waals surface area (Å²) in [5, 5.41) is 27.8. The molecule has 1 aromatic heterocycles. The van der Waals surface area contributed by atoms with Crippen molar-refractivity contribution in [3.63, 3.8) is 0 Å². The van der Waals surface area contributed by atoms with E-state index in [1.165, 1.54) is 22.9 Å². The summed E-state index contributed by atoms with van der Waals surface area (Å²) in [6.45, 7) is 5.73. The standard InChI is InChI=1S/C13H14N6O2/c1-13(2,3)11-12(15)16-17-18(11)9-5-4-8(7-14)6-10(9)19(20)21/h4-6H,15H2,1-3H3. The summed E-state index contributed by atoms with van der Waals surface area (Å²) < 4.78 is 1.36. The molecule has 108 valence electrons. The van der Waals surface area contributed by atoms with Gasteiger partial charge in [0.05, 0.1) is 22.2 Å². The number of hydrogen-bond donors (Lipinski definition) is 1. The highest BCUT2D eigenvalue weighted by Gasteiger charge is 2.28. The topological polar surface area (TPSA) is 124 Å². The van der Waals surface area contributed by atoms with Crippen molar-refractivity contribution in [3.8, 4) is 11.8 Å². The van der Waals surface area contributed by atoms with Gasteiger partial charge >= 0.3 is 0 Å². The molecular formula is C13H14N6O2. The van der Waals surface area contributed by atoms with Gasteiger partial charge in [-0.15, -0.1) is 5.10 Å². The van der Waals surface area contributed by atoms with Gasteiger partial charge in [0.15, 0.2) is 5.82 Å². The normalized spacial score (nSPS) is 11.1. The average Bonchev–Trinajstić information content (AvgIpc) is 2.79. The fourth-order valence-electron chi connectivity index (χ4n) is 2.08. The molecule has 1 heterocycles. The van der Waals surface area contributed by atoms with Gasteiger partial charge < -0.3 is 5.73 Å². The zero-order chi connectivity index (χ0) is 15.8. The van der Waals surface area contributed by atoms with Gasteiger partial charge in [0.25, 0.3) is 5.69 Å². The van der Waals surface area contributed by atoms with E-state index >= 15 is 0 Å². The molecule has 0 amide bonds. The Balaban J connectivity index is 2.75. The van der Waals surface area contributed by atoms with Gasteiger partial charge in [0, 0.05) is 11.5 Å². The maximum Gasteiger partial charge on any atom is 0.296 e. The largest absolute Gasteiger partial charge is 0.381 e. The van der Waals surface area contributed by atoms with E-state index in [0.29, 0.717) is 5.69 Å². The molecule has 2 aromatic rings. The Morgan fingerprint density at radius 2 is 2.10 bits per heavy atom. The zero-order valence-electron chi connectivity index (χ0n) is 11.9. The minimum atomic E-state index is -0.555. The van der Waals surface area contributed by atoms with Gasteiger partial charge in [-0.3, -0.25) is 10.1 Å². The maximum absolute atomic E-state index is 11.2. The third kappa shape index (κ3) is 2.53. The molecule has 0 bridgehead atoms. The zero-order valence-corrected chi connectivity index (χ0v) is 11.9. The SMILES string of the molecule is CC(C)(C)c1c(N)nnn1-c1ccc(C#N)cc1[N+](=O)[O-]. The van der Waals surface area contributed by atoms with Crippen LogP contribution >= 0.6 is 0 Å². The molecule has 1 aromatic carbocycles. The molecule has 8 nitrogen and oxygen atoms in total. The third-order valence-electron chi connectivity index (χ3n) is 2.94. The Morgan fingerprint density at radius 3 is 2.62 bits per heavy atom. The minimum absolute atomic E-state index is 0.204. The summed E-state index contributed by atoms with van der Waals surface area (Å²) in [5.41, 5.74) is 6.23. The predicted molar refractivity (Wildman–Crippen MR) is 75.8 cm³/mol. The summed E-state index contributed by atoms with van der Waals surface area (Å²) in [6, 6.07) is 6.05. The minimum Gasteiger partial charge on any atom is -0.381 e. The Morgan fingerprint density at radius 1 is 1.43 bits per heavy atom. The molecule has 0 radical (unpaired) electrons. The monoisotopic (exact) mass is 286 g/mol. The van der Waals surface area contributed by atoms with Crippen molar-refractivity contribution < 1.29 is 4.92 Å². The molecule has 2 rings (SSSR count). The first-order chi connectivity index (χ1) is 9.75. The van der Waals surface area contributed by atoms with Gasteiger partial charge in [-0.2, -0.15) is 5.26 Å². The second-order valence-electron chi connectivity index (χ2n) is 5.56. The van der Waals surface area contributed by atoms with Gasteiger partial charge in [0.2, 0.25) is 0 Å². The van der Waals surface area contributed by atoms with Gasteiger partial charge in [-0.25, -0.2) is 4.68 Å². The lowest BCUT2D eigenvalue weighted by Crippen LogP contribution is -2.19. The first-order valence-electron chi connectivity index (χ1n) is 6.16. The number of hydrogen-bond acceptors (Lipinski definition) is 6. The van der Waals surface area contributed by atoms with Crippen LogP contribution in [0.15, 0.2) is 18.2 Å². The number of nitro groups is 1. The number of benzene rings is 1. The highest BCUT2D eigenvalue weighted by Crippen LogP contribution is 2.32. The number of rotatable bonds is 2. The van der Waals surface area contributed by atoms with Crippen LogP contribution < -0.4 is 5.73 Å². The highest BCUT2D eigenvalue weighted by atomic mass is 16.6. The van der Waals surface area contributed by atoms with E-state index in [2.05, 4.69) is 10.3 Å². The maximum atomic E-state index is 11.2. The van der Waals surface area contributed by atoms with Crippen LogP contribution in [-0.4, -0.2) is 19.9 Å². The molecule has 0 aliphatic heterocycles. The van der Waals surface area contributed by atoms with Crippen LogP contribution in [0.5, 0.6) is 0 Å². The van der Waals surface area contributed by atoms with E-state index in [1.54, 1.807) is 0 Å². The first kappa shape index (κ1) is 14.5. The summed E-state index contributed by atoms with van der Waals surface area (Å²) in [5.74, 6) is 0.223. The van der Waals surface area contributed by atoms with Crippen molar-refractivity contribution in [3.05, 3.63) is 39.6 Å². The van der Waals surface area contributed by atoms with Gasteiger partial charge in [-0.1, -0.05) is 26.0 Å². The van der Waals surface area contributed by atoms with E-state index in [1.807, 2.05) is 26.8 Å². The summed E-state index contributed by atoms with van der Waals surface area (Å²) in [4.78, 5) is 10.7. The van der Waals surface area contributed by atoms with Crippen LogP contribution in [0.4, 0.5) is 11.5 Å². The van der Waals surface area contributed by atoms with E-state index in [9.17, 15) is 10.1 Å². The fraction of sp³-hybridized carbons (Fsp3) is 0.308. The second-order valence-corrected chi connectivity index (χ2v) is 5.56. The molecule has 0 aliphatic rings. The van der Waals surface area contributed by atoms with E-state index in [0.717, 1.165) is 0 Å². The number of anilines is 1.